The second-order valence-electron chi connectivity index (χ2n) is 4.71. The van der Waals surface area contributed by atoms with Crippen molar-refractivity contribution in [1.82, 2.24) is 0 Å². The number of nitro groups is 1. The molecule has 0 saturated heterocycles. The zero-order valence-corrected chi connectivity index (χ0v) is 11.8. The highest BCUT2D eigenvalue weighted by atomic mass is 16.6. The average molecular weight is 282 g/mol. The van der Waals surface area contributed by atoms with Gasteiger partial charge in [0.25, 0.3) is 0 Å². The lowest BCUT2D eigenvalue weighted by Gasteiger charge is -2.11. The molecule has 0 saturated carbocycles. The Labute approximate surface area is 122 Å². The number of hydrogen-bond acceptors (Lipinski definition) is 4. The topological polar surface area (TPSA) is 76.2 Å². The van der Waals surface area contributed by atoms with Crippen molar-refractivity contribution in [1.29, 1.82) is 5.26 Å². The third kappa shape index (κ3) is 3.18. The second-order valence-corrected chi connectivity index (χ2v) is 4.71. The number of hydrogen-bond donors (Lipinski definition) is 0. The van der Waals surface area contributed by atoms with Crippen molar-refractivity contribution in [2.24, 2.45) is 0 Å². The fraction of sp³-hybridized carbons (Fsp3) is 0.188. The summed E-state index contributed by atoms with van der Waals surface area (Å²) < 4.78 is 5.59. The van der Waals surface area contributed by atoms with Crippen molar-refractivity contribution in [3.63, 3.8) is 0 Å². The third-order valence-corrected chi connectivity index (χ3v) is 3.30. The van der Waals surface area contributed by atoms with Crippen LogP contribution in [0.5, 0.6) is 5.75 Å². The molecule has 21 heavy (non-hydrogen) atoms. The largest absolute Gasteiger partial charge is 0.482 e. The van der Waals surface area contributed by atoms with E-state index < -0.39 is 4.92 Å². The minimum Gasteiger partial charge on any atom is -0.482 e. The van der Waals surface area contributed by atoms with Gasteiger partial charge in [0, 0.05) is 6.07 Å². The van der Waals surface area contributed by atoms with Crippen molar-refractivity contribution >= 4 is 5.69 Å². The Bertz CT molecular complexity index is 713. The van der Waals surface area contributed by atoms with Gasteiger partial charge in [0.2, 0.25) is 0 Å². The molecule has 106 valence electrons. The van der Waals surface area contributed by atoms with E-state index in [0.717, 1.165) is 16.7 Å². The van der Waals surface area contributed by atoms with E-state index in [1.807, 2.05) is 38.1 Å². The van der Waals surface area contributed by atoms with E-state index in [0.29, 0.717) is 0 Å². The molecule has 0 fully saturated rings. The number of ether oxygens (including phenoxy) is 1. The lowest BCUT2D eigenvalue weighted by molar-refractivity contribution is -0.386. The molecular weight excluding hydrogens is 268 g/mol. The predicted molar refractivity (Wildman–Crippen MR) is 78.1 cm³/mol. The number of aryl methyl sites for hydroxylation is 2. The lowest BCUT2D eigenvalue weighted by atomic mass is 10.0. The summed E-state index contributed by atoms with van der Waals surface area (Å²) in [6.45, 7) is 4.20. The highest BCUT2D eigenvalue weighted by molar-refractivity contribution is 5.51. The molecule has 0 aliphatic rings. The predicted octanol–water partition coefficient (Wildman–Crippen LogP) is 3.66. The van der Waals surface area contributed by atoms with Gasteiger partial charge in [-0.2, -0.15) is 5.26 Å². The van der Waals surface area contributed by atoms with E-state index in [1.54, 1.807) is 0 Å². The van der Waals surface area contributed by atoms with Crippen LogP contribution in [-0.2, 0) is 6.61 Å². The van der Waals surface area contributed by atoms with Crippen LogP contribution in [0.2, 0.25) is 0 Å². The monoisotopic (exact) mass is 282 g/mol. The molecule has 0 amide bonds. The van der Waals surface area contributed by atoms with Gasteiger partial charge < -0.3 is 4.74 Å². The van der Waals surface area contributed by atoms with Crippen LogP contribution < -0.4 is 4.74 Å². The molecule has 0 bridgehead atoms. The minimum atomic E-state index is -0.541. The van der Waals surface area contributed by atoms with Gasteiger partial charge in [-0.05, 0) is 42.7 Å². The van der Waals surface area contributed by atoms with Crippen molar-refractivity contribution in [2.45, 2.75) is 20.5 Å². The maximum Gasteiger partial charge on any atom is 0.312 e. The van der Waals surface area contributed by atoms with Crippen LogP contribution in [0.15, 0.2) is 36.4 Å². The normalized spacial score (nSPS) is 9.95. The van der Waals surface area contributed by atoms with Gasteiger partial charge in [-0.15, -0.1) is 0 Å². The van der Waals surface area contributed by atoms with Crippen molar-refractivity contribution in [2.75, 3.05) is 0 Å². The summed E-state index contributed by atoms with van der Waals surface area (Å²) in [4.78, 5) is 10.5. The zero-order chi connectivity index (χ0) is 15.4. The molecule has 0 atom stereocenters. The quantitative estimate of drug-likeness (QED) is 0.633. The van der Waals surface area contributed by atoms with E-state index in [9.17, 15) is 10.1 Å². The van der Waals surface area contributed by atoms with Gasteiger partial charge in [-0.25, -0.2) is 0 Å². The van der Waals surface area contributed by atoms with Crippen molar-refractivity contribution in [3.8, 4) is 11.8 Å². The summed E-state index contributed by atoms with van der Waals surface area (Å²) in [6.07, 6.45) is 0. The van der Waals surface area contributed by atoms with Crippen LogP contribution in [0.1, 0.15) is 22.3 Å². The molecule has 0 radical (unpaired) electrons. The maximum atomic E-state index is 11.1. The molecule has 0 aliphatic carbocycles. The van der Waals surface area contributed by atoms with E-state index in [2.05, 4.69) is 0 Å². The highest BCUT2D eigenvalue weighted by Crippen LogP contribution is 2.29. The standard InChI is InChI=1S/C16H14N2O3/c1-11-4-3-5-12(2)14(11)10-21-16-7-6-13(9-17)8-15(16)18(19)20/h3-8H,10H2,1-2H3. The Morgan fingerprint density at radius 1 is 1.24 bits per heavy atom. The first-order chi connectivity index (χ1) is 10.0. The first-order valence-corrected chi connectivity index (χ1v) is 6.39. The SMILES string of the molecule is Cc1cccc(C)c1COc1ccc(C#N)cc1[N+](=O)[O-]. The smallest absolute Gasteiger partial charge is 0.312 e. The first kappa shape index (κ1) is 14.5. The molecule has 2 rings (SSSR count). The molecule has 5 heteroatoms. The van der Waals surface area contributed by atoms with Crippen molar-refractivity contribution < 1.29 is 9.66 Å². The van der Waals surface area contributed by atoms with Crippen LogP contribution >= 0.6 is 0 Å². The van der Waals surface area contributed by atoms with Crippen LogP contribution in [0, 0.1) is 35.3 Å². The van der Waals surface area contributed by atoms with Gasteiger partial charge in [0.15, 0.2) is 5.75 Å². The average Bonchev–Trinajstić information content (AvgIpc) is 2.46. The zero-order valence-electron chi connectivity index (χ0n) is 11.8. The van der Waals surface area contributed by atoms with Crippen LogP contribution in [-0.4, -0.2) is 4.92 Å². The maximum absolute atomic E-state index is 11.1. The van der Waals surface area contributed by atoms with Gasteiger partial charge in [-0.3, -0.25) is 10.1 Å². The third-order valence-electron chi connectivity index (χ3n) is 3.30. The van der Waals surface area contributed by atoms with Gasteiger partial charge >= 0.3 is 5.69 Å². The number of nitro benzene ring substituents is 1. The second kappa shape index (κ2) is 6.06. The summed E-state index contributed by atoms with van der Waals surface area (Å²) in [7, 11) is 0. The molecule has 0 N–H and O–H groups in total. The molecular formula is C16H14N2O3. The van der Waals surface area contributed by atoms with E-state index in [4.69, 9.17) is 10.00 Å². The summed E-state index contributed by atoms with van der Waals surface area (Å²) >= 11 is 0. The van der Waals surface area contributed by atoms with Crippen LogP contribution in [0.4, 0.5) is 5.69 Å². The summed E-state index contributed by atoms with van der Waals surface area (Å²) in [5.74, 6) is 0.168. The first-order valence-electron chi connectivity index (χ1n) is 6.39. The minimum absolute atomic E-state index is 0.168. The molecule has 2 aromatic rings. The summed E-state index contributed by atoms with van der Waals surface area (Å²) in [5, 5.41) is 19.9. The number of rotatable bonds is 4. The Balaban J connectivity index is 2.28. The molecule has 0 heterocycles. The summed E-state index contributed by atoms with van der Waals surface area (Å²) in [6, 6.07) is 12.0. The number of benzene rings is 2. The molecule has 0 aliphatic heterocycles. The molecule has 2 aromatic carbocycles. The van der Waals surface area contributed by atoms with E-state index in [-0.39, 0.29) is 23.6 Å². The highest BCUT2D eigenvalue weighted by Gasteiger charge is 2.16. The Kier molecular flexibility index (Phi) is 4.19. The van der Waals surface area contributed by atoms with Crippen LogP contribution in [0.3, 0.4) is 0 Å². The molecule has 0 unspecified atom stereocenters. The Morgan fingerprint density at radius 3 is 2.48 bits per heavy atom. The lowest BCUT2D eigenvalue weighted by Crippen LogP contribution is -2.02. The van der Waals surface area contributed by atoms with E-state index in [1.165, 1.54) is 18.2 Å². The molecule has 0 aromatic heterocycles. The molecule has 5 nitrogen and oxygen atoms in total. The Hall–Kier alpha value is -2.87. The van der Waals surface area contributed by atoms with E-state index >= 15 is 0 Å². The number of nitriles is 1. The number of nitrogens with zero attached hydrogens (tertiary/aromatic N) is 2. The van der Waals surface area contributed by atoms with Crippen molar-refractivity contribution in [3.05, 3.63) is 68.8 Å². The fourth-order valence-electron chi connectivity index (χ4n) is 2.08. The molecule has 0 spiro atoms. The van der Waals surface area contributed by atoms with Gasteiger partial charge in [-0.1, -0.05) is 18.2 Å². The van der Waals surface area contributed by atoms with Gasteiger partial charge in [0.1, 0.15) is 6.61 Å². The van der Waals surface area contributed by atoms with Crippen LogP contribution in [0.25, 0.3) is 0 Å². The fourth-order valence-corrected chi connectivity index (χ4v) is 2.08. The van der Waals surface area contributed by atoms with Gasteiger partial charge in [0.05, 0.1) is 16.6 Å². The summed E-state index contributed by atoms with van der Waals surface area (Å²) in [5.41, 5.74) is 3.20. The Morgan fingerprint density at radius 2 is 1.90 bits per heavy atom.